The van der Waals surface area contributed by atoms with E-state index >= 15 is 0 Å². The van der Waals surface area contributed by atoms with Gasteiger partial charge in [-0.15, -0.1) is 0 Å². The molecule has 2 unspecified atom stereocenters. The summed E-state index contributed by atoms with van der Waals surface area (Å²) in [5.74, 6) is 2.25. The number of ether oxygens (including phenoxy) is 5. The number of esters is 1. The maximum absolute atomic E-state index is 12.9. The van der Waals surface area contributed by atoms with Crippen molar-refractivity contribution in [3.63, 3.8) is 0 Å². The van der Waals surface area contributed by atoms with E-state index in [0.717, 1.165) is 66.0 Å². The number of hydrogen-bond acceptors (Lipinski definition) is 6. The lowest BCUT2D eigenvalue weighted by Gasteiger charge is -2.36. The highest BCUT2D eigenvalue weighted by Gasteiger charge is 2.47. The van der Waals surface area contributed by atoms with E-state index in [9.17, 15) is 4.79 Å². The summed E-state index contributed by atoms with van der Waals surface area (Å²) in [6.45, 7) is 0.425. The SMILES string of the molecule is COc1ccc(C(OCC2CC2C(=O)OC2CCCCC2)(c2ccc(OC)cc2)c2ccc(OC)cc2)cc1. The maximum atomic E-state index is 12.9. The second-order valence-corrected chi connectivity index (χ2v) is 10.5. The Bertz CT molecular complexity index is 1100. The first-order valence-electron chi connectivity index (χ1n) is 13.9. The average molecular weight is 531 g/mol. The van der Waals surface area contributed by atoms with Crippen LogP contribution in [-0.4, -0.2) is 40.0 Å². The van der Waals surface area contributed by atoms with Crippen LogP contribution in [0.15, 0.2) is 72.8 Å². The summed E-state index contributed by atoms with van der Waals surface area (Å²) < 4.78 is 29.2. The van der Waals surface area contributed by atoms with Crippen molar-refractivity contribution in [3.05, 3.63) is 89.5 Å². The summed E-state index contributed by atoms with van der Waals surface area (Å²) in [5, 5.41) is 0. The van der Waals surface area contributed by atoms with E-state index in [0.29, 0.717) is 6.61 Å². The maximum Gasteiger partial charge on any atom is 0.309 e. The van der Waals surface area contributed by atoms with Crippen LogP contribution < -0.4 is 14.2 Å². The Hall–Kier alpha value is -3.51. The number of rotatable bonds is 11. The number of carbonyl (C=O) groups is 1. The summed E-state index contributed by atoms with van der Waals surface area (Å²) in [7, 11) is 4.97. The lowest BCUT2D eigenvalue weighted by molar-refractivity contribution is -0.152. The summed E-state index contributed by atoms with van der Waals surface area (Å²) >= 11 is 0. The van der Waals surface area contributed by atoms with Crippen molar-refractivity contribution in [1.29, 1.82) is 0 Å². The highest BCUT2D eigenvalue weighted by atomic mass is 16.5. The van der Waals surface area contributed by atoms with Crippen molar-refractivity contribution in [2.75, 3.05) is 27.9 Å². The van der Waals surface area contributed by atoms with Gasteiger partial charge in [0, 0.05) is 0 Å². The van der Waals surface area contributed by atoms with Crippen LogP contribution in [-0.2, 0) is 19.9 Å². The predicted molar refractivity (Wildman–Crippen MR) is 149 cm³/mol. The molecule has 0 radical (unpaired) electrons. The molecule has 3 aromatic rings. The molecule has 206 valence electrons. The standard InChI is InChI=1S/C33H38O6/c1-35-27-15-9-24(10-16-27)33(25-11-17-28(36-2)18-12-25,26-13-19-29(37-3)20-14-26)38-22-23-21-31(23)32(34)39-30-7-5-4-6-8-30/h9-20,23,30-31H,4-8,21-22H2,1-3H3. The molecule has 0 aliphatic heterocycles. The molecule has 6 heteroatoms. The smallest absolute Gasteiger partial charge is 0.309 e. The molecule has 2 aliphatic rings. The van der Waals surface area contributed by atoms with E-state index in [1.807, 2.05) is 72.8 Å². The first-order valence-corrected chi connectivity index (χ1v) is 13.9. The fraction of sp³-hybridized carbons (Fsp3) is 0.424. The molecule has 6 nitrogen and oxygen atoms in total. The molecule has 5 rings (SSSR count). The zero-order chi connectivity index (χ0) is 27.2. The van der Waals surface area contributed by atoms with Gasteiger partial charge in [0.2, 0.25) is 0 Å². The Balaban J connectivity index is 1.46. The average Bonchev–Trinajstić information content (AvgIpc) is 3.79. The number of methoxy groups -OCH3 is 3. The van der Waals surface area contributed by atoms with Crippen LogP contribution in [0.5, 0.6) is 17.2 Å². The van der Waals surface area contributed by atoms with Crippen LogP contribution in [0.3, 0.4) is 0 Å². The van der Waals surface area contributed by atoms with Crippen molar-refractivity contribution in [3.8, 4) is 17.2 Å². The Kier molecular flexibility index (Phi) is 8.41. The van der Waals surface area contributed by atoms with E-state index < -0.39 is 5.60 Å². The zero-order valence-electron chi connectivity index (χ0n) is 23.1. The van der Waals surface area contributed by atoms with Gasteiger partial charge in [0.25, 0.3) is 0 Å². The third-order valence-corrected chi connectivity index (χ3v) is 8.06. The first kappa shape index (κ1) is 27.1. The van der Waals surface area contributed by atoms with Gasteiger partial charge >= 0.3 is 5.97 Å². The minimum Gasteiger partial charge on any atom is -0.497 e. The summed E-state index contributed by atoms with van der Waals surface area (Å²) in [6, 6.07) is 23.9. The third-order valence-electron chi connectivity index (χ3n) is 8.06. The number of carbonyl (C=O) groups excluding carboxylic acids is 1. The van der Waals surface area contributed by atoms with Crippen molar-refractivity contribution in [2.45, 2.75) is 50.2 Å². The number of hydrogen-bond donors (Lipinski definition) is 0. The van der Waals surface area contributed by atoms with Gasteiger partial charge in [0.05, 0.1) is 33.9 Å². The van der Waals surface area contributed by atoms with Crippen molar-refractivity contribution in [2.24, 2.45) is 11.8 Å². The van der Waals surface area contributed by atoms with Gasteiger partial charge in [0.15, 0.2) is 0 Å². The largest absolute Gasteiger partial charge is 0.497 e. The fourth-order valence-corrected chi connectivity index (χ4v) is 5.61. The van der Waals surface area contributed by atoms with E-state index in [2.05, 4.69) is 0 Å². The summed E-state index contributed by atoms with van der Waals surface area (Å²) in [5.41, 5.74) is 1.95. The molecule has 2 aliphatic carbocycles. The molecular weight excluding hydrogens is 492 g/mol. The molecular formula is C33H38O6. The summed E-state index contributed by atoms with van der Waals surface area (Å²) in [6.07, 6.45) is 6.34. The second kappa shape index (κ2) is 12.1. The molecule has 0 spiro atoms. The Labute approximate surface area is 231 Å². The fourth-order valence-electron chi connectivity index (χ4n) is 5.61. The molecule has 0 N–H and O–H groups in total. The van der Waals surface area contributed by atoms with E-state index in [1.165, 1.54) is 6.42 Å². The van der Waals surface area contributed by atoms with Gasteiger partial charge in [-0.3, -0.25) is 4.79 Å². The molecule has 2 fully saturated rings. The van der Waals surface area contributed by atoms with Gasteiger partial charge in [-0.05, 0) is 91.1 Å². The minimum atomic E-state index is -0.925. The molecule has 39 heavy (non-hydrogen) atoms. The van der Waals surface area contributed by atoms with Gasteiger partial charge < -0.3 is 23.7 Å². The zero-order valence-corrected chi connectivity index (χ0v) is 23.1. The van der Waals surface area contributed by atoms with Crippen LogP contribution in [0.2, 0.25) is 0 Å². The highest BCUT2D eigenvalue weighted by molar-refractivity contribution is 5.76. The van der Waals surface area contributed by atoms with Gasteiger partial charge in [0.1, 0.15) is 29.0 Å². The lowest BCUT2D eigenvalue weighted by Crippen LogP contribution is -2.34. The molecule has 0 bridgehead atoms. The normalized spacial score (nSPS) is 19.3. The molecule has 0 amide bonds. The van der Waals surface area contributed by atoms with E-state index in [4.69, 9.17) is 23.7 Å². The van der Waals surface area contributed by atoms with Crippen LogP contribution in [0.4, 0.5) is 0 Å². The minimum absolute atomic E-state index is 0.0700. The first-order chi connectivity index (χ1) is 19.1. The van der Waals surface area contributed by atoms with E-state index in [-0.39, 0.29) is 23.9 Å². The topological polar surface area (TPSA) is 63.2 Å². The Morgan fingerprint density at radius 3 is 1.54 bits per heavy atom. The van der Waals surface area contributed by atoms with Crippen LogP contribution >= 0.6 is 0 Å². The van der Waals surface area contributed by atoms with Gasteiger partial charge in [-0.1, -0.05) is 42.8 Å². The number of benzene rings is 3. The lowest BCUT2D eigenvalue weighted by atomic mass is 9.80. The predicted octanol–water partition coefficient (Wildman–Crippen LogP) is 6.53. The monoisotopic (exact) mass is 530 g/mol. The van der Waals surface area contributed by atoms with Gasteiger partial charge in [-0.25, -0.2) is 0 Å². The molecule has 0 aromatic heterocycles. The Morgan fingerprint density at radius 1 is 0.692 bits per heavy atom. The molecule has 3 aromatic carbocycles. The van der Waals surface area contributed by atoms with Crippen molar-refractivity contribution < 1.29 is 28.5 Å². The third kappa shape index (κ3) is 5.91. The Morgan fingerprint density at radius 2 is 1.13 bits per heavy atom. The molecule has 0 saturated heterocycles. The van der Waals surface area contributed by atoms with Crippen LogP contribution in [0, 0.1) is 11.8 Å². The van der Waals surface area contributed by atoms with Crippen LogP contribution in [0.1, 0.15) is 55.2 Å². The highest BCUT2D eigenvalue weighted by Crippen LogP contribution is 2.46. The van der Waals surface area contributed by atoms with Gasteiger partial charge in [-0.2, -0.15) is 0 Å². The van der Waals surface area contributed by atoms with Crippen LogP contribution in [0.25, 0.3) is 0 Å². The quantitative estimate of drug-likeness (QED) is 0.207. The van der Waals surface area contributed by atoms with E-state index in [1.54, 1.807) is 21.3 Å². The molecule has 0 heterocycles. The molecule has 2 atom stereocenters. The second-order valence-electron chi connectivity index (χ2n) is 10.5. The van der Waals surface area contributed by atoms with Crippen molar-refractivity contribution >= 4 is 5.97 Å². The summed E-state index contributed by atoms with van der Waals surface area (Å²) in [4.78, 5) is 12.9. The van der Waals surface area contributed by atoms with Crippen molar-refractivity contribution in [1.82, 2.24) is 0 Å². The molecule has 2 saturated carbocycles.